The fourth-order valence-electron chi connectivity index (χ4n) is 2.16. The summed E-state index contributed by atoms with van der Waals surface area (Å²) in [5, 5.41) is 15.3. The lowest BCUT2D eigenvalue weighted by molar-refractivity contribution is 0.214. The number of hydrogen-bond acceptors (Lipinski definition) is 3. The van der Waals surface area contributed by atoms with Crippen LogP contribution in [0.3, 0.4) is 0 Å². The minimum Gasteiger partial charge on any atom is -0.394 e. The van der Waals surface area contributed by atoms with Gasteiger partial charge in [0.2, 0.25) is 0 Å². The van der Waals surface area contributed by atoms with Gasteiger partial charge in [-0.15, -0.1) is 0 Å². The maximum Gasteiger partial charge on any atom is 0.315 e. The summed E-state index contributed by atoms with van der Waals surface area (Å²) in [6.07, 6.45) is 4.60. The summed E-state index contributed by atoms with van der Waals surface area (Å²) >= 11 is 1.99. The molecule has 0 aromatic heterocycles. The number of thioether (sulfide) groups is 1. The van der Waals surface area contributed by atoms with Crippen LogP contribution in [0.15, 0.2) is 0 Å². The molecule has 3 atom stereocenters. The van der Waals surface area contributed by atoms with Gasteiger partial charge in [-0.25, -0.2) is 4.79 Å². The number of carbonyl (C=O) groups excluding carboxylic acids is 1. The maximum absolute atomic E-state index is 11.6. The van der Waals surface area contributed by atoms with E-state index in [-0.39, 0.29) is 18.7 Å². The number of urea groups is 1. The smallest absolute Gasteiger partial charge is 0.315 e. The quantitative estimate of drug-likeness (QED) is 0.705. The molecule has 0 spiro atoms. The zero-order valence-electron chi connectivity index (χ0n) is 10.7. The highest BCUT2D eigenvalue weighted by molar-refractivity contribution is 7.99. The first kappa shape index (κ1) is 14.6. The van der Waals surface area contributed by atoms with Gasteiger partial charge in [0.15, 0.2) is 0 Å². The number of hydrogen-bond donors (Lipinski definition) is 3. The van der Waals surface area contributed by atoms with E-state index in [0.717, 1.165) is 18.6 Å². The molecule has 1 aliphatic rings. The van der Waals surface area contributed by atoms with Crippen molar-refractivity contribution >= 4 is 17.8 Å². The summed E-state index contributed by atoms with van der Waals surface area (Å²) in [7, 11) is 0. The van der Waals surface area contributed by atoms with Gasteiger partial charge in [0, 0.05) is 11.3 Å². The highest BCUT2D eigenvalue weighted by atomic mass is 32.2. The molecule has 1 aliphatic carbocycles. The number of rotatable bonds is 5. The Morgan fingerprint density at radius 1 is 1.53 bits per heavy atom. The molecule has 0 aromatic carbocycles. The van der Waals surface area contributed by atoms with E-state index in [2.05, 4.69) is 17.6 Å². The van der Waals surface area contributed by atoms with E-state index in [0.29, 0.717) is 11.3 Å². The van der Waals surface area contributed by atoms with Crippen LogP contribution in [0.5, 0.6) is 0 Å². The molecular formula is C12H24N2O2S. The van der Waals surface area contributed by atoms with Crippen LogP contribution in [0, 0.1) is 0 Å². The predicted octanol–water partition coefficient (Wildman–Crippen LogP) is 1.73. The fraction of sp³-hybridized carbons (Fsp3) is 0.917. The number of aliphatic hydroxyl groups excluding tert-OH is 1. The standard InChI is InChI=1S/C12H24N2O2S/c1-3-17-11-6-4-5-10(7-11)14-12(16)13-9(2)8-15/h9-11,15H,3-8H2,1-2H3,(H2,13,14,16)/t9-,10?,11?/m0/s1. The molecule has 17 heavy (non-hydrogen) atoms. The first-order valence-electron chi connectivity index (χ1n) is 6.45. The van der Waals surface area contributed by atoms with Gasteiger partial charge in [0.1, 0.15) is 0 Å². The molecular weight excluding hydrogens is 236 g/mol. The second kappa shape index (κ2) is 7.82. The molecule has 3 N–H and O–H groups in total. The predicted molar refractivity (Wildman–Crippen MR) is 72.4 cm³/mol. The van der Waals surface area contributed by atoms with Crippen LogP contribution in [0.1, 0.15) is 39.5 Å². The van der Waals surface area contributed by atoms with Gasteiger partial charge < -0.3 is 15.7 Å². The molecule has 100 valence electrons. The molecule has 0 bridgehead atoms. The molecule has 2 unspecified atom stereocenters. The fourth-order valence-corrected chi connectivity index (χ4v) is 3.33. The van der Waals surface area contributed by atoms with Crippen LogP contribution in [0.2, 0.25) is 0 Å². The number of nitrogens with one attached hydrogen (secondary N) is 2. The van der Waals surface area contributed by atoms with E-state index in [1.54, 1.807) is 6.92 Å². The van der Waals surface area contributed by atoms with E-state index < -0.39 is 0 Å². The SMILES string of the molecule is CCSC1CCCC(NC(=O)N[C@@H](C)CO)C1. The van der Waals surface area contributed by atoms with Crippen LogP contribution in [0.4, 0.5) is 4.79 Å². The molecule has 0 heterocycles. The van der Waals surface area contributed by atoms with E-state index in [1.165, 1.54) is 12.8 Å². The van der Waals surface area contributed by atoms with Gasteiger partial charge in [0.05, 0.1) is 12.6 Å². The number of aliphatic hydroxyl groups is 1. The first-order chi connectivity index (χ1) is 8.15. The van der Waals surface area contributed by atoms with Crippen molar-refractivity contribution in [2.45, 2.75) is 56.9 Å². The van der Waals surface area contributed by atoms with Crippen LogP contribution in [-0.4, -0.2) is 40.8 Å². The van der Waals surface area contributed by atoms with Crippen molar-refractivity contribution in [1.29, 1.82) is 0 Å². The van der Waals surface area contributed by atoms with Crippen molar-refractivity contribution in [2.24, 2.45) is 0 Å². The third kappa shape index (κ3) is 5.64. The minimum atomic E-state index is -0.181. The summed E-state index contributed by atoms with van der Waals surface area (Å²) in [6, 6.07) is -0.0446. The molecule has 2 amide bonds. The molecule has 0 radical (unpaired) electrons. The lowest BCUT2D eigenvalue weighted by Crippen LogP contribution is -2.48. The summed E-state index contributed by atoms with van der Waals surface area (Å²) in [5.74, 6) is 1.14. The highest BCUT2D eigenvalue weighted by Gasteiger charge is 2.23. The van der Waals surface area contributed by atoms with E-state index in [4.69, 9.17) is 5.11 Å². The van der Waals surface area contributed by atoms with Crippen molar-refractivity contribution in [3.8, 4) is 0 Å². The summed E-state index contributed by atoms with van der Waals surface area (Å²) in [6.45, 7) is 3.94. The van der Waals surface area contributed by atoms with E-state index >= 15 is 0 Å². The first-order valence-corrected chi connectivity index (χ1v) is 7.50. The van der Waals surface area contributed by atoms with E-state index in [9.17, 15) is 4.79 Å². The Hall–Kier alpha value is -0.420. The van der Waals surface area contributed by atoms with Gasteiger partial charge >= 0.3 is 6.03 Å². The van der Waals surface area contributed by atoms with Crippen molar-refractivity contribution < 1.29 is 9.90 Å². The third-order valence-corrected chi connectivity index (χ3v) is 4.25. The van der Waals surface area contributed by atoms with Crippen molar-refractivity contribution in [3.63, 3.8) is 0 Å². The van der Waals surface area contributed by atoms with Gasteiger partial charge in [-0.2, -0.15) is 11.8 Å². The Bertz CT molecular complexity index is 237. The van der Waals surface area contributed by atoms with Crippen molar-refractivity contribution in [1.82, 2.24) is 10.6 Å². The molecule has 0 saturated heterocycles. The molecule has 1 saturated carbocycles. The zero-order valence-corrected chi connectivity index (χ0v) is 11.6. The van der Waals surface area contributed by atoms with E-state index in [1.807, 2.05) is 11.8 Å². The maximum atomic E-state index is 11.6. The Balaban J connectivity index is 2.28. The molecule has 1 fully saturated rings. The number of amides is 2. The Labute approximate surface area is 108 Å². The Morgan fingerprint density at radius 2 is 2.29 bits per heavy atom. The lowest BCUT2D eigenvalue weighted by Gasteiger charge is -2.29. The minimum absolute atomic E-state index is 0.0214. The van der Waals surface area contributed by atoms with Crippen molar-refractivity contribution in [3.05, 3.63) is 0 Å². The van der Waals surface area contributed by atoms with Gasteiger partial charge in [0.25, 0.3) is 0 Å². The van der Waals surface area contributed by atoms with Crippen molar-refractivity contribution in [2.75, 3.05) is 12.4 Å². The van der Waals surface area contributed by atoms with Crippen LogP contribution in [0.25, 0.3) is 0 Å². The highest BCUT2D eigenvalue weighted by Crippen LogP contribution is 2.28. The molecule has 1 rings (SSSR count). The topological polar surface area (TPSA) is 61.4 Å². The van der Waals surface area contributed by atoms with Gasteiger partial charge in [-0.05, 0) is 31.9 Å². The zero-order chi connectivity index (χ0) is 12.7. The molecule has 0 aliphatic heterocycles. The monoisotopic (exact) mass is 260 g/mol. The summed E-state index contributed by atoms with van der Waals surface area (Å²) in [5.41, 5.74) is 0. The number of carbonyl (C=O) groups is 1. The average molecular weight is 260 g/mol. The normalized spacial score (nSPS) is 26.3. The molecule has 5 heteroatoms. The van der Waals surface area contributed by atoms with Crippen LogP contribution in [-0.2, 0) is 0 Å². The second-order valence-corrected chi connectivity index (χ2v) is 6.22. The Morgan fingerprint density at radius 3 is 2.94 bits per heavy atom. The summed E-state index contributed by atoms with van der Waals surface area (Å²) in [4.78, 5) is 11.6. The molecule has 0 aromatic rings. The van der Waals surface area contributed by atoms with Gasteiger partial charge in [-0.1, -0.05) is 13.3 Å². The molecule has 4 nitrogen and oxygen atoms in total. The largest absolute Gasteiger partial charge is 0.394 e. The lowest BCUT2D eigenvalue weighted by atomic mass is 9.95. The average Bonchev–Trinajstić information content (AvgIpc) is 2.29. The van der Waals surface area contributed by atoms with Crippen LogP contribution >= 0.6 is 11.8 Å². The third-order valence-electron chi connectivity index (χ3n) is 3.02. The Kier molecular flexibility index (Phi) is 6.73. The summed E-state index contributed by atoms with van der Waals surface area (Å²) < 4.78 is 0. The van der Waals surface area contributed by atoms with Crippen LogP contribution < -0.4 is 10.6 Å². The second-order valence-electron chi connectivity index (χ2n) is 4.64. The van der Waals surface area contributed by atoms with Gasteiger partial charge in [-0.3, -0.25) is 0 Å².